The molecule has 0 unspecified atom stereocenters. The van der Waals surface area contributed by atoms with Crippen LogP contribution in [0.25, 0.3) is 0 Å². The van der Waals surface area contributed by atoms with Gasteiger partial charge in [-0.2, -0.15) is 0 Å². The van der Waals surface area contributed by atoms with E-state index in [2.05, 4.69) is 15.6 Å². The van der Waals surface area contributed by atoms with E-state index in [4.69, 9.17) is 9.47 Å². The van der Waals surface area contributed by atoms with Crippen molar-refractivity contribution in [1.82, 2.24) is 4.98 Å². The number of amides is 1. The lowest BCUT2D eigenvalue weighted by atomic mass is 10.2. The average molecular weight is 391 g/mol. The molecular formula is C23H25N3O3. The fourth-order valence-corrected chi connectivity index (χ4v) is 2.79. The van der Waals surface area contributed by atoms with Gasteiger partial charge >= 0.3 is 0 Å². The summed E-state index contributed by atoms with van der Waals surface area (Å²) in [4.78, 5) is 16.9. The molecule has 2 N–H and O–H groups in total. The third-order valence-corrected chi connectivity index (χ3v) is 4.13. The van der Waals surface area contributed by atoms with Gasteiger partial charge < -0.3 is 20.1 Å². The maximum atomic E-state index is 12.6. The number of aryl methyl sites for hydroxylation is 1. The molecule has 3 aromatic rings. The van der Waals surface area contributed by atoms with E-state index in [9.17, 15) is 4.79 Å². The summed E-state index contributed by atoms with van der Waals surface area (Å²) in [6.45, 7) is 5.92. The molecule has 0 fully saturated rings. The quantitative estimate of drug-likeness (QED) is 0.580. The van der Waals surface area contributed by atoms with E-state index in [0.29, 0.717) is 17.1 Å². The van der Waals surface area contributed by atoms with Gasteiger partial charge in [0.1, 0.15) is 17.2 Å². The van der Waals surface area contributed by atoms with E-state index in [1.54, 1.807) is 19.4 Å². The van der Waals surface area contributed by atoms with Crippen molar-refractivity contribution in [2.45, 2.75) is 26.9 Å². The number of hydrogen-bond acceptors (Lipinski definition) is 5. The van der Waals surface area contributed by atoms with Crippen LogP contribution >= 0.6 is 0 Å². The number of carbonyl (C=O) groups excluding carboxylic acids is 1. The molecule has 0 spiro atoms. The van der Waals surface area contributed by atoms with Crippen LogP contribution in [-0.2, 0) is 0 Å². The van der Waals surface area contributed by atoms with E-state index in [-0.39, 0.29) is 12.0 Å². The summed E-state index contributed by atoms with van der Waals surface area (Å²) < 4.78 is 11.1. The Morgan fingerprint density at radius 1 is 1.00 bits per heavy atom. The molecule has 0 saturated heterocycles. The van der Waals surface area contributed by atoms with Gasteiger partial charge in [-0.1, -0.05) is 18.2 Å². The van der Waals surface area contributed by atoms with Crippen LogP contribution in [0.4, 0.5) is 17.1 Å². The molecular weight excluding hydrogens is 366 g/mol. The molecule has 29 heavy (non-hydrogen) atoms. The Hall–Kier alpha value is -3.54. The Labute approximate surface area is 170 Å². The summed E-state index contributed by atoms with van der Waals surface area (Å²) in [5.41, 5.74) is 3.54. The number of benzene rings is 2. The van der Waals surface area contributed by atoms with Crippen LogP contribution in [0.2, 0.25) is 0 Å². The van der Waals surface area contributed by atoms with Crippen molar-refractivity contribution in [3.8, 4) is 11.5 Å². The molecule has 6 nitrogen and oxygen atoms in total. The largest absolute Gasteiger partial charge is 0.495 e. The maximum absolute atomic E-state index is 12.6. The molecule has 0 aliphatic carbocycles. The Bertz CT molecular complexity index is 985. The Kier molecular flexibility index (Phi) is 6.34. The predicted octanol–water partition coefficient (Wildman–Crippen LogP) is 5.18. The van der Waals surface area contributed by atoms with Gasteiger partial charge in [-0.05, 0) is 62.7 Å². The lowest BCUT2D eigenvalue weighted by Crippen LogP contribution is -2.14. The highest BCUT2D eigenvalue weighted by molar-refractivity contribution is 6.03. The fraction of sp³-hybridized carbons (Fsp3) is 0.217. The number of para-hydroxylation sites is 2. The normalized spacial score (nSPS) is 10.5. The fourth-order valence-electron chi connectivity index (χ4n) is 2.79. The molecule has 1 amide bonds. The first-order valence-corrected chi connectivity index (χ1v) is 9.41. The molecule has 1 heterocycles. The molecule has 1 aromatic heterocycles. The van der Waals surface area contributed by atoms with Crippen LogP contribution in [0.5, 0.6) is 11.5 Å². The smallest absolute Gasteiger partial charge is 0.274 e. The zero-order valence-electron chi connectivity index (χ0n) is 17.0. The van der Waals surface area contributed by atoms with Crippen molar-refractivity contribution in [3.63, 3.8) is 0 Å². The Morgan fingerprint density at radius 3 is 2.48 bits per heavy atom. The van der Waals surface area contributed by atoms with Gasteiger partial charge in [0, 0.05) is 0 Å². The minimum Gasteiger partial charge on any atom is -0.495 e. The number of rotatable bonds is 7. The summed E-state index contributed by atoms with van der Waals surface area (Å²) in [6, 6.07) is 16.8. The second-order valence-corrected chi connectivity index (χ2v) is 6.88. The summed E-state index contributed by atoms with van der Waals surface area (Å²) >= 11 is 0. The van der Waals surface area contributed by atoms with Crippen LogP contribution in [0, 0.1) is 6.92 Å². The molecule has 6 heteroatoms. The monoisotopic (exact) mass is 391 g/mol. The average Bonchev–Trinajstić information content (AvgIpc) is 2.70. The zero-order chi connectivity index (χ0) is 20.8. The SMILES string of the molecule is COc1ccc(C)cc1NC(=O)c1ccc(Nc2ccccc2OC(C)C)cn1. The summed E-state index contributed by atoms with van der Waals surface area (Å²) in [6.07, 6.45) is 1.69. The highest BCUT2D eigenvalue weighted by Gasteiger charge is 2.12. The summed E-state index contributed by atoms with van der Waals surface area (Å²) in [5.74, 6) is 1.06. The topological polar surface area (TPSA) is 72.5 Å². The first-order valence-electron chi connectivity index (χ1n) is 9.41. The number of pyridine rings is 1. The lowest BCUT2D eigenvalue weighted by molar-refractivity contribution is 0.102. The number of anilines is 3. The zero-order valence-corrected chi connectivity index (χ0v) is 17.0. The van der Waals surface area contributed by atoms with Crippen molar-refractivity contribution >= 4 is 23.0 Å². The number of carbonyl (C=O) groups is 1. The number of methoxy groups -OCH3 is 1. The van der Waals surface area contributed by atoms with Crippen molar-refractivity contribution in [3.05, 3.63) is 72.1 Å². The van der Waals surface area contributed by atoms with E-state index in [1.165, 1.54) is 0 Å². The van der Waals surface area contributed by atoms with Crippen LogP contribution < -0.4 is 20.1 Å². The van der Waals surface area contributed by atoms with Crippen molar-refractivity contribution < 1.29 is 14.3 Å². The minimum absolute atomic E-state index is 0.0701. The second kappa shape index (κ2) is 9.10. The molecule has 3 rings (SSSR count). The van der Waals surface area contributed by atoms with Crippen molar-refractivity contribution in [1.29, 1.82) is 0 Å². The molecule has 0 radical (unpaired) electrons. The molecule has 150 valence electrons. The van der Waals surface area contributed by atoms with Crippen LogP contribution in [-0.4, -0.2) is 24.1 Å². The molecule has 0 atom stereocenters. The molecule has 0 aliphatic heterocycles. The van der Waals surface area contributed by atoms with Crippen LogP contribution in [0.1, 0.15) is 29.9 Å². The van der Waals surface area contributed by atoms with Gasteiger partial charge in [-0.3, -0.25) is 4.79 Å². The van der Waals surface area contributed by atoms with E-state index in [1.807, 2.05) is 69.3 Å². The third-order valence-electron chi connectivity index (χ3n) is 4.13. The lowest BCUT2D eigenvalue weighted by Gasteiger charge is -2.15. The number of nitrogens with zero attached hydrogens (tertiary/aromatic N) is 1. The highest BCUT2D eigenvalue weighted by Crippen LogP contribution is 2.28. The highest BCUT2D eigenvalue weighted by atomic mass is 16.5. The van der Waals surface area contributed by atoms with Crippen molar-refractivity contribution in [2.24, 2.45) is 0 Å². The molecule has 0 saturated carbocycles. The van der Waals surface area contributed by atoms with Gasteiger partial charge in [0.15, 0.2) is 0 Å². The number of nitrogens with one attached hydrogen (secondary N) is 2. The van der Waals surface area contributed by atoms with Gasteiger partial charge in [-0.25, -0.2) is 4.98 Å². The molecule has 2 aromatic carbocycles. The number of hydrogen-bond donors (Lipinski definition) is 2. The minimum atomic E-state index is -0.302. The van der Waals surface area contributed by atoms with Gasteiger partial charge in [-0.15, -0.1) is 0 Å². The standard InChI is InChI=1S/C23H25N3O3/c1-15(2)29-22-8-6-5-7-18(22)25-17-10-11-19(24-14-17)23(27)26-20-13-16(3)9-12-21(20)28-4/h5-15,25H,1-4H3,(H,26,27). The van der Waals surface area contributed by atoms with E-state index < -0.39 is 0 Å². The maximum Gasteiger partial charge on any atom is 0.274 e. The predicted molar refractivity (Wildman–Crippen MR) is 115 cm³/mol. The van der Waals surface area contributed by atoms with Crippen molar-refractivity contribution in [2.75, 3.05) is 17.7 Å². The summed E-state index contributed by atoms with van der Waals surface area (Å²) in [5, 5.41) is 6.13. The first-order chi connectivity index (χ1) is 14.0. The Morgan fingerprint density at radius 2 is 1.79 bits per heavy atom. The second-order valence-electron chi connectivity index (χ2n) is 6.88. The third kappa shape index (κ3) is 5.25. The number of aromatic nitrogens is 1. The van der Waals surface area contributed by atoms with Gasteiger partial charge in [0.2, 0.25) is 0 Å². The van der Waals surface area contributed by atoms with Crippen LogP contribution in [0.3, 0.4) is 0 Å². The van der Waals surface area contributed by atoms with Gasteiger partial charge in [0.25, 0.3) is 5.91 Å². The Balaban J connectivity index is 1.72. The van der Waals surface area contributed by atoms with E-state index in [0.717, 1.165) is 22.7 Å². The molecule has 0 bridgehead atoms. The molecule has 0 aliphatic rings. The summed E-state index contributed by atoms with van der Waals surface area (Å²) in [7, 11) is 1.57. The van der Waals surface area contributed by atoms with Gasteiger partial charge in [0.05, 0.1) is 36.5 Å². The number of ether oxygens (including phenoxy) is 2. The van der Waals surface area contributed by atoms with E-state index >= 15 is 0 Å². The van der Waals surface area contributed by atoms with Crippen LogP contribution in [0.15, 0.2) is 60.8 Å². The first kappa shape index (κ1) is 20.2.